The highest BCUT2D eigenvalue weighted by Crippen LogP contribution is 2.37. The van der Waals surface area contributed by atoms with Crippen molar-refractivity contribution < 1.29 is 19.1 Å². The molecule has 0 bridgehead atoms. The summed E-state index contributed by atoms with van der Waals surface area (Å²) in [6, 6.07) is 9.38. The summed E-state index contributed by atoms with van der Waals surface area (Å²) in [6.07, 6.45) is 3.82. The monoisotopic (exact) mass is 569 g/mol. The third-order valence-electron chi connectivity index (χ3n) is 5.44. The molecule has 0 N–H and O–H groups in total. The van der Waals surface area contributed by atoms with Crippen LogP contribution in [0.1, 0.15) is 61.4 Å². The molecule has 188 valence electrons. The van der Waals surface area contributed by atoms with Gasteiger partial charge in [-0.1, -0.05) is 23.4 Å². The van der Waals surface area contributed by atoms with Crippen LogP contribution >= 0.6 is 27.7 Å². The zero-order valence-corrected chi connectivity index (χ0v) is 23.4. The van der Waals surface area contributed by atoms with Crippen LogP contribution in [0.5, 0.6) is 5.75 Å². The second kappa shape index (κ2) is 12.2. The first-order chi connectivity index (χ1) is 17.2. The molecular formula is C27H28BrN3O4S. The smallest absolute Gasteiger partial charge is 0.340 e. The molecule has 2 heterocycles. The molecule has 9 heteroatoms. The largest absolute Gasteiger partial charge is 0.462 e. The Kier molecular flexibility index (Phi) is 9.35. The number of carbonyl (C=O) groups excluding carboxylic acids is 2. The van der Waals surface area contributed by atoms with Crippen molar-refractivity contribution in [3.05, 3.63) is 62.9 Å². The minimum atomic E-state index is -0.460. The van der Waals surface area contributed by atoms with E-state index in [0.29, 0.717) is 37.5 Å². The molecule has 2 aromatic heterocycles. The Morgan fingerprint density at radius 3 is 2.64 bits per heavy atom. The number of carbonyl (C=O) groups is 2. The van der Waals surface area contributed by atoms with E-state index in [1.807, 2.05) is 23.7 Å². The third kappa shape index (κ3) is 6.37. The van der Waals surface area contributed by atoms with Gasteiger partial charge in [0.1, 0.15) is 16.8 Å². The number of benzene rings is 1. The van der Waals surface area contributed by atoms with Crippen molar-refractivity contribution >= 4 is 50.5 Å². The number of esters is 2. The third-order valence-corrected chi connectivity index (χ3v) is 7.07. The van der Waals surface area contributed by atoms with Crippen molar-refractivity contribution in [3.63, 3.8) is 0 Å². The number of pyridine rings is 1. The van der Waals surface area contributed by atoms with Gasteiger partial charge >= 0.3 is 11.9 Å². The van der Waals surface area contributed by atoms with Crippen LogP contribution in [0.2, 0.25) is 0 Å². The fourth-order valence-electron chi connectivity index (χ4n) is 3.78. The molecule has 36 heavy (non-hydrogen) atoms. The molecule has 0 radical (unpaired) electrons. The number of hydrogen-bond acceptors (Lipinski definition) is 7. The fraction of sp³-hybridized carbons (Fsp3) is 0.333. The maximum absolute atomic E-state index is 13.0. The Hall–Kier alpha value is -3.09. The lowest BCUT2D eigenvalue weighted by Crippen LogP contribution is -2.08. The van der Waals surface area contributed by atoms with Crippen LogP contribution in [0, 0.1) is 11.3 Å². The number of allylic oxidation sites excluding steroid dienone is 2. The summed E-state index contributed by atoms with van der Waals surface area (Å²) in [6.45, 7) is 7.42. The van der Waals surface area contributed by atoms with E-state index in [9.17, 15) is 14.9 Å². The lowest BCUT2D eigenvalue weighted by molar-refractivity contribution is -0.131. The van der Waals surface area contributed by atoms with Gasteiger partial charge in [0.25, 0.3) is 0 Å². The molecular weight excluding hydrogens is 542 g/mol. The topological polar surface area (TPSA) is 94.2 Å². The first-order valence-corrected chi connectivity index (χ1v) is 13.3. The average Bonchev–Trinajstić information content (AvgIpc) is 3.08. The minimum Gasteiger partial charge on any atom is -0.462 e. The van der Waals surface area contributed by atoms with E-state index in [-0.39, 0.29) is 6.61 Å². The lowest BCUT2D eigenvalue weighted by Gasteiger charge is -2.09. The molecule has 0 aliphatic heterocycles. The van der Waals surface area contributed by atoms with Crippen LogP contribution in [0.25, 0.3) is 10.9 Å². The molecule has 3 rings (SSSR count). The molecule has 0 aliphatic rings. The van der Waals surface area contributed by atoms with Crippen molar-refractivity contribution in [2.24, 2.45) is 7.05 Å². The highest BCUT2D eigenvalue weighted by Gasteiger charge is 2.24. The van der Waals surface area contributed by atoms with E-state index in [1.54, 1.807) is 19.1 Å². The minimum absolute atomic E-state index is 0.225. The van der Waals surface area contributed by atoms with Gasteiger partial charge < -0.3 is 14.0 Å². The second-order valence-corrected chi connectivity index (χ2v) is 10.2. The molecule has 0 saturated carbocycles. The number of nitriles is 1. The Morgan fingerprint density at radius 2 is 2.00 bits per heavy atom. The number of halogens is 1. The van der Waals surface area contributed by atoms with Crippen LogP contribution in [0.4, 0.5) is 0 Å². The first kappa shape index (κ1) is 27.5. The van der Waals surface area contributed by atoms with E-state index in [1.165, 1.54) is 24.3 Å². The van der Waals surface area contributed by atoms with Gasteiger partial charge in [0.2, 0.25) is 0 Å². The number of aromatic nitrogens is 2. The number of thioether (sulfide) groups is 1. The van der Waals surface area contributed by atoms with E-state index < -0.39 is 11.9 Å². The summed E-state index contributed by atoms with van der Waals surface area (Å²) < 4.78 is 13.2. The maximum atomic E-state index is 13.0. The Balaban J connectivity index is 2.03. The van der Waals surface area contributed by atoms with Gasteiger partial charge in [-0.05, 0) is 73.8 Å². The molecule has 0 fully saturated rings. The van der Waals surface area contributed by atoms with Crippen LogP contribution < -0.4 is 4.74 Å². The number of aryl methyl sites for hydroxylation is 2. The SMILES string of the molecule is CCOC(=O)c1c(CSc2nc(CCC=C(C)C)ccc2C#N)n(C)c2cc(Br)c(OC(C)=O)cc12. The van der Waals surface area contributed by atoms with Gasteiger partial charge in [-0.15, -0.1) is 0 Å². The number of ether oxygens (including phenoxy) is 2. The standard InChI is InChI=1S/C27H28BrN3O4S/c1-6-34-27(33)25-20-12-24(35-17(4)32)21(28)13-22(20)31(5)23(25)15-36-26-18(14-29)10-11-19(30-26)9-7-8-16(2)3/h8,10-13H,6-7,9,15H2,1-5H3. The maximum Gasteiger partial charge on any atom is 0.340 e. The average molecular weight is 571 g/mol. The number of rotatable bonds is 9. The summed E-state index contributed by atoms with van der Waals surface area (Å²) in [5.41, 5.74) is 4.56. The van der Waals surface area contributed by atoms with E-state index in [4.69, 9.17) is 14.5 Å². The van der Waals surface area contributed by atoms with Crippen molar-refractivity contribution in [2.45, 2.75) is 51.3 Å². The summed E-state index contributed by atoms with van der Waals surface area (Å²) in [5.74, 6) is -0.209. The van der Waals surface area contributed by atoms with Gasteiger partial charge in [0.15, 0.2) is 0 Å². The van der Waals surface area contributed by atoms with Crippen molar-refractivity contribution in [1.82, 2.24) is 9.55 Å². The van der Waals surface area contributed by atoms with Gasteiger partial charge in [0.05, 0.1) is 27.7 Å². The summed E-state index contributed by atoms with van der Waals surface area (Å²) >= 11 is 4.85. The molecule has 0 amide bonds. The molecule has 0 unspecified atom stereocenters. The molecule has 0 atom stereocenters. The summed E-state index contributed by atoms with van der Waals surface area (Å²) in [5, 5.41) is 10.9. The Labute approximate surface area is 223 Å². The molecule has 7 nitrogen and oxygen atoms in total. The van der Waals surface area contributed by atoms with Crippen LogP contribution in [0.15, 0.2) is 45.4 Å². The second-order valence-electron chi connectivity index (χ2n) is 8.37. The van der Waals surface area contributed by atoms with Gasteiger partial charge in [-0.3, -0.25) is 4.79 Å². The van der Waals surface area contributed by atoms with Crippen molar-refractivity contribution in [1.29, 1.82) is 5.26 Å². The van der Waals surface area contributed by atoms with E-state index >= 15 is 0 Å². The van der Waals surface area contributed by atoms with Crippen LogP contribution in [-0.2, 0) is 28.8 Å². The van der Waals surface area contributed by atoms with Crippen molar-refractivity contribution in [2.75, 3.05) is 6.61 Å². The van der Waals surface area contributed by atoms with Crippen molar-refractivity contribution in [3.8, 4) is 11.8 Å². The van der Waals surface area contributed by atoms with Gasteiger partial charge in [-0.2, -0.15) is 5.26 Å². The van der Waals surface area contributed by atoms with E-state index in [2.05, 4.69) is 41.9 Å². The Bertz CT molecular complexity index is 1380. The normalized spacial score (nSPS) is 10.7. The van der Waals surface area contributed by atoms with Crippen LogP contribution in [0.3, 0.4) is 0 Å². The fourth-order valence-corrected chi connectivity index (χ4v) is 5.26. The number of nitrogens with zero attached hydrogens (tertiary/aromatic N) is 3. The first-order valence-electron chi connectivity index (χ1n) is 11.5. The predicted octanol–water partition coefficient (Wildman–Crippen LogP) is 6.50. The summed E-state index contributed by atoms with van der Waals surface area (Å²) in [7, 11) is 1.87. The summed E-state index contributed by atoms with van der Waals surface area (Å²) in [4.78, 5) is 29.3. The van der Waals surface area contributed by atoms with Crippen LogP contribution in [-0.4, -0.2) is 28.1 Å². The number of hydrogen-bond donors (Lipinski definition) is 0. The highest BCUT2D eigenvalue weighted by atomic mass is 79.9. The molecule has 1 aromatic carbocycles. The zero-order chi connectivity index (χ0) is 26.4. The molecule has 0 spiro atoms. The van der Waals surface area contributed by atoms with Gasteiger partial charge in [-0.25, -0.2) is 9.78 Å². The Morgan fingerprint density at radius 1 is 1.25 bits per heavy atom. The molecule has 3 aromatic rings. The zero-order valence-electron chi connectivity index (χ0n) is 21.0. The predicted molar refractivity (Wildman–Crippen MR) is 144 cm³/mol. The quantitative estimate of drug-likeness (QED) is 0.125. The molecule has 0 aliphatic carbocycles. The number of fused-ring (bicyclic) bond motifs is 1. The highest BCUT2D eigenvalue weighted by molar-refractivity contribution is 9.10. The lowest BCUT2D eigenvalue weighted by atomic mass is 10.1. The molecule has 0 saturated heterocycles. The van der Waals surface area contributed by atoms with Gasteiger partial charge in [0, 0.05) is 36.5 Å². The van der Waals surface area contributed by atoms with E-state index in [0.717, 1.165) is 29.7 Å².